The van der Waals surface area contributed by atoms with Crippen LogP contribution in [0.4, 0.5) is 5.82 Å². The summed E-state index contributed by atoms with van der Waals surface area (Å²) in [4.78, 5) is 19.4. The number of carbonyl (C=O) groups is 1. The van der Waals surface area contributed by atoms with Gasteiger partial charge < -0.3 is 5.32 Å². The molecule has 1 heterocycles. The van der Waals surface area contributed by atoms with Gasteiger partial charge in [0.2, 0.25) is 5.91 Å². The lowest BCUT2D eigenvalue weighted by atomic mass is 10.3. The highest BCUT2D eigenvalue weighted by atomic mass is 32.2. The largest absolute Gasteiger partial charge is 0.308 e. The van der Waals surface area contributed by atoms with Crippen LogP contribution in [0, 0.1) is 0 Å². The SMILES string of the molecule is CC[C@@H](SC)C(=O)Nc1cnccn1. The van der Waals surface area contributed by atoms with Gasteiger partial charge in [0.25, 0.3) is 0 Å². The molecule has 1 N–H and O–H groups in total. The fraction of sp³-hybridized carbons (Fsp3) is 0.444. The number of hydrogen-bond acceptors (Lipinski definition) is 4. The lowest BCUT2D eigenvalue weighted by molar-refractivity contribution is -0.115. The highest BCUT2D eigenvalue weighted by Gasteiger charge is 2.14. The Morgan fingerprint density at radius 3 is 2.93 bits per heavy atom. The van der Waals surface area contributed by atoms with E-state index in [4.69, 9.17) is 0 Å². The third kappa shape index (κ3) is 2.99. The van der Waals surface area contributed by atoms with E-state index in [9.17, 15) is 4.79 Å². The van der Waals surface area contributed by atoms with Gasteiger partial charge in [0.1, 0.15) is 0 Å². The van der Waals surface area contributed by atoms with Gasteiger partial charge in [0, 0.05) is 12.4 Å². The first-order chi connectivity index (χ1) is 6.77. The highest BCUT2D eigenvalue weighted by molar-refractivity contribution is 7.99. The van der Waals surface area contributed by atoms with Crippen molar-refractivity contribution < 1.29 is 4.79 Å². The molecule has 1 amide bonds. The third-order valence-corrected chi connectivity index (χ3v) is 2.88. The van der Waals surface area contributed by atoms with Crippen LogP contribution < -0.4 is 5.32 Å². The molecule has 1 rings (SSSR count). The minimum atomic E-state index is -0.0167. The fourth-order valence-corrected chi connectivity index (χ4v) is 1.64. The van der Waals surface area contributed by atoms with Crippen LogP contribution in [0.1, 0.15) is 13.3 Å². The van der Waals surface area contributed by atoms with Gasteiger partial charge in [-0.3, -0.25) is 9.78 Å². The van der Waals surface area contributed by atoms with Crippen molar-refractivity contribution in [1.82, 2.24) is 9.97 Å². The average molecular weight is 211 g/mol. The molecular formula is C9H13N3OS. The zero-order chi connectivity index (χ0) is 10.4. The molecule has 5 heteroatoms. The molecule has 0 bridgehead atoms. The zero-order valence-electron chi connectivity index (χ0n) is 8.23. The van der Waals surface area contributed by atoms with Crippen LogP contribution in [0.25, 0.3) is 0 Å². The van der Waals surface area contributed by atoms with Crippen molar-refractivity contribution in [2.75, 3.05) is 11.6 Å². The molecule has 0 radical (unpaired) electrons. The van der Waals surface area contributed by atoms with Gasteiger partial charge in [-0.25, -0.2) is 4.98 Å². The van der Waals surface area contributed by atoms with Crippen LogP contribution in [-0.4, -0.2) is 27.4 Å². The predicted octanol–water partition coefficient (Wildman–Crippen LogP) is 1.56. The molecule has 0 aliphatic heterocycles. The Kier molecular flexibility index (Phi) is 4.39. The van der Waals surface area contributed by atoms with Gasteiger partial charge in [-0.15, -0.1) is 0 Å². The Hall–Kier alpha value is -1.10. The number of hydrogen-bond donors (Lipinski definition) is 1. The second-order valence-corrected chi connectivity index (χ2v) is 3.75. The van der Waals surface area contributed by atoms with Gasteiger partial charge in [-0.1, -0.05) is 6.92 Å². The predicted molar refractivity (Wildman–Crippen MR) is 58.3 cm³/mol. The van der Waals surface area contributed by atoms with Crippen LogP contribution in [0.5, 0.6) is 0 Å². The molecule has 1 atom stereocenters. The minimum absolute atomic E-state index is 0.0134. The van der Waals surface area contributed by atoms with E-state index in [2.05, 4.69) is 15.3 Å². The number of carbonyl (C=O) groups excluding carboxylic acids is 1. The Morgan fingerprint density at radius 1 is 1.64 bits per heavy atom. The first-order valence-corrected chi connectivity index (χ1v) is 5.66. The second kappa shape index (κ2) is 5.59. The van der Waals surface area contributed by atoms with E-state index in [-0.39, 0.29) is 11.2 Å². The molecular weight excluding hydrogens is 198 g/mol. The second-order valence-electron chi connectivity index (χ2n) is 2.71. The Balaban J connectivity index is 2.57. The summed E-state index contributed by atoms with van der Waals surface area (Å²) in [5, 5.41) is 2.69. The average Bonchev–Trinajstić information content (AvgIpc) is 2.21. The zero-order valence-corrected chi connectivity index (χ0v) is 9.04. The maximum absolute atomic E-state index is 11.6. The van der Waals surface area contributed by atoms with E-state index in [1.807, 2.05) is 13.2 Å². The van der Waals surface area contributed by atoms with Crippen molar-refractivity contribution in [2.45, 2.75) is 18.6 Å². The van der Waals surface area contributed by atoms with Crippen molar-refractivity contribution in [3.05, 3.63) is 18.6 Å². The smallest absolute Gasteiger partial charge is 0.238 e. The number of thioether (sulfide) groups is 1. The Labute approximate surface area is 87.5 Å². The number of rotatable bonds is 4. The monoisotopic (exact) mass is 211 g/mol. The van der Waals surface area contributed by atoms with Gasteiger partial charge in [-0.2, -0.15) is 11.8 Å². The van der Waals surface area contributed by atoms with E-state index in [0.29, 0.717) is 5.82 Å². The summed E-state index contributed by atoms with van der Waals surface area (Å²) >= 11 is 1.54. The lowest BCUT2D eigenvalue weighted by Gasteiger charge is -2.10. The summed E-state index contributed by atoms with van der Waals surface area (Å²) in [6.45, 7) is 1.98. The van der Waals surface area contributed by atoms with E-state index in [1.165, 1.54) is 18.0 Å². The lowest BCUT2D eigenvalue weighted by Crippen LogP contribution is -2.24. The summed E-state index contributed by atoms with van der Waals surface area (Å²) in [7, 11) is 0. The molecule has 0 aliphatic rings. The molecule has 1 aromatic rings. The van der Waals surface area contributed by atoms with Crippen LogP contribution in [-0.2, 0) is 4.79 Å². The van der Waals surface area contributed by atoms with Gasteiger partial charge in [0.15, 0.2) is 5.82 Å². The van der Waals surface area contributed by atoms with E-state index >= 15 is 0 Å². The number of aromatic nitrogens is 2. The minimum Gasteiger partial charge on any atom is -0.308 e. The van der Waals surface area contributed by atoms with Crippen LogP contribution in [0.15, 0.2) is 18.6 Å². The van der Waals surface area contributed by atoms with E-state index in [1.54, 1.807) is 12.4 Å². The van der Waals surface area contributed by atoms with Gasteiger partial charge in [0.05, 0.1) is 11.4 Å². The number of nitrogens with zero attached hydrogens (tertiary/aromatic N) is 2. The molecule has 0 aromatic carbocycles. The molecule has 76 valence electrons. The molecule has 14 heavy (non-hydrogen) atoms. The van der Waals surface area contributed by atoms with E-state index < -0.39 is 0 Å². The molecule has 0 saturated carbocycles. The molecule has 1 aromatic heterocycles. The summed E-state index contributed by atoms with van der Waals surface area (Å²) in [6, 6.07) is 0. The van der Waals surface area contributed by atoms with Crippen molar-refractivity contribution >= 4 is 23.5 Å². The molecule has 4 nitrogen and oxygen atoms in total. The Bertz CT molecular complexity index is 287. The topological polar surface area (TPSA) is 54.9 Å². The van der Waals surface area contributed by atoms with Crippen LogP contribution in [0.2, 0.25) is 0 Å². The first-order valence-electron chi connectivity index (χ1n) is 4.37. The van der Waals surface area contributed by atoms with Gasteiger partial charge >= 0.3 is 0 Å². The third-order valence-electron chi connectivity index (χ3n) is 1.76. The van der Waals surface area contributed by atoms with Crippen LogP contribution in [0.3, 0.4) is 0 Å². The van der Waals surface area contributed by atoms with Crippen molar-refractivity contribution in [2.24, 2.45) is 0 Å². The summed E-state index contributed by atoms with van der Waals surface area (Å²) in [5.41, 5.74) is 0. The number of amides is 1. The molecule has 0 spiro atoms. The number of anilines is 1. The summed E-state index contributed by atoms with van der Waals surface area (Å²) < 4.78 is 0. The molecule has 0 aliphatic carbocycles. The van der Waals surface area contributed by atoms with Crippen molar-refractivity contribution in [3.8, 4) is 0 Å². The highest BCUT2D eigenvalue weighted by Crippen LogP contribution is 2.12. The maximum Gasteiger partial charge on any atom is 0.238 e. The quantitative estimate of drug-likeness (QED) is 0.821. The number of nitrogens with one attached hydrogen (secondary N) is 1. The summed E-state index contributed by atoms with van der Waals surface area (Å²) in [6.07, 6.45) is 7.39. The fourth-order valence-electron chi connectivity index (χ4n) is 1.03. The van der Waals surface area contributed by atoms with Gasteiger partial charge in [-0.05, 0) is 12.7 Å². The molecule has 0 saturated heterocycles. The van der Waals surface area contributed by atoms with Crippen molar-refractivity contribution in [1.29, 1.82) is 0 Å². The molecule has 0 unspecified atom stereocenters. The first kappa shape index (κ1) is 11.0. The Morgan fingerprint density at radius 2 is 2.43 bits per heavy atom. The standard InChI is InChI=1S/C9H13N3OS/c1-3-7(14-2)9(13)12-8-6-10-4-5-11-8/h4-7H,3H2,1-2H3,(H,11,12,13)/t7-/m1/s1. The van der Waals surface area contributed by atoms with E-state index in [0.717, 1.165) is 6.42 Å². The molecule has 0 fully saturated rings. The van der Waals surface area contributed by atoms with Crippen LogP contribution >= 0.6 is 11.8 Å². The summed E-state index contributed by atoms with van der Waals surface area (Å²) in [5.74, 6) is 0.491. The maximum atomic E-state index is 11.6. The van der Waals surface area contributed by atoms with Crippen molar-refractivity contribution in [3.63, 3.8) is 0 Å². The normalized spacial score (nSPS) is 12.1.